The van der Waals surface area contributed by atoms with E-state index in [-0.39, 0.29) is 18.0 Å². The van der Waals surface area contributed by atoms with Crippen LogP contribution >= 0.6 is 15.9 Å². The molecule has 0 spiro atoms. The van der Waals surface area contributed by atoms with Gasteiger partial charge in [-0.1, -0.05) is 41.4 Å². The van der Waals surface area contributed by atoms with E-state index >= 15 is 0 Å². The lowest BCUT2D eigenvalue weighted by Crippen LogP contribution is -2.49. The first-order valence-corrected chi connectivity index (χ1v) is 8.18. The Labute approximate surface area is 129 Å². The van der Waals surface area contributed by atoms with Gasteiger partial charge in [-0.15, -0.1) is 0 Å². The minimum Gasteiger partial charge on any atom is -0.348 e. The summed E-state index contributed by atoms with van der Waals surface area (Å²) in [6, 6.07) is 8.07. The predicted octanol–water partition coefficient (Wildman–Crippen LogP) is 3.40. The van der Waals surface area contributed by atoms with Crippen molar-refractivity contribution < 1.29 is 4.79 Å². The van der Waals surface area contributed by atoms with Crippen molar-refractivity contribution in [1.29, 1.82) is 0 Å². The van der Waals surface area contributed by atoms with Crippen LogP contribution < -0.4 is 10.6 Å². The van der Waals surface area contributed by atoms with Crippen LogP contribution in [-0.2, 0) is 4.79 Å². The molecule has 1 fully saturated rings. The van der Waals surface area contributed by atoms with Crippen LogP contribution in [0, 0.1) is 5.92 Å². The minimum absolute atomic E-state index is 0.0313. The van der Waals surface area contributed by atoms with Crippen molar-refractivity contribution >= 4 is 21.8 Å². The Bertz CT molecular complexity index is 464. The number of carbonyl (C=O) groups is 1. The van der Waals surface area contributed by atoms with E-state index < -0.39 is 0 Å². The van der Waals surface area contributed by atoms with E-state index in [1.807, 2.05) is 31.2 Å². The van der Waals surface area contributed by atoms with Gasteiger partial charge in [-0.25, -0.2) is 0 Å². The lowest BCUT2D eigenvalue weighted by molar-refractivity contribution is -0.124. The monoisotopic (exact) mass is 338 g/mol. The van der Waals surface area contributed by atoms with Crippen LogP contribution in [0.15, 0.2) is 28.7 Å². The van der Waals surface area contributed by atoms with Crippen molar-refractivity contribution in [3.05, 3.63) is 34.3 Å². The van der Waals surface area contributed by atoms with Gasteiger partial charge in [0.2, 0.25) is 5.91 Å². The number of benzene rings is 1. The van der Waals surface area contributed by atoms with Gasteiger partial charge in [0, 0.05) is 4.47 Å². The molecule has 0 aromatic heterocycles. The SMILES string of the molecule is CCC1CCNC(C(=O)N[C@H](C)c2cccc(Br)c2)C1. The van der Waals surface area contributed by atoms with Crippen molar-refractivity contribution in [3.63, 3.8) is 0 Å². The molecule has 110 valence electrons. The number of rotatable bonds is 4. The van der Waals surface area contributed by atoms with Crippen LogP contribution in [0.5, 0.6) is 0 Å². The molecule has 4 heteroatoms. The fourth-order valence-corrected chi connectivity index (χ4v) is 3.16. The fraction of sp³-hybridized carbons (Fsp3) is 0.562. The molecule has 0 bridgehead atoms. The first-order valence-electron chi connectivity index (χ1n) is 7.39. The molecule has 1 aliphatic heterocycles. The Balaban J connectivity index is 1.93. The zero-order valence-corrected chi connectivity index (χ0v) is 13.7. The van der Waals surface area contributed by atoms with Crippen LogP contribution in [0.4, 0.5) is 0 Å². The number of hydrogen-bond acceptors (Lipinski definition) is 2. The maximum Gasteiger partial charge on any atom is 0.237 e. The summed E-state index contributed by atoms with van der Waals surface area (Å²) in [7, 11) is 0. The molecule has 0 saturated carbocycles. The molecule has 1 aliphatic rings. The molecule has 2 unspecified atom stereocenters. The molecule has 1 amide bonds. The zero-order chi connectivity index (χ0) is 14.5. The van der Waals surface area contributed by atoms with E-state index in [2.05, 4.69) is 33.5 Å². The molecule has 0 radical (unpaired) electrons. The first-order chi connectivity index (χ1) is 9.60. The highest BCUT2D eigenvalue weighted by molar-refractivity contribution is 9.10. The van der Waals surface area contributed by atoms with Gasteiger partial charge in [-0.3, -0.25) is 4.79 Å². The van der Waals surface area contributed by atoms with E-state index in [0.717, 1.165) is 29.4 Å². The molecule has 3 atom stereocenters. The van der Waals surface area contributed by atoms with E-state index in [4.69, 9.17) is 0 Å². The standard InChI is InChI=1S/C16H23BrN2O/c1-3-12-7-8-18-15(9-12)16(20)19-11(2)13-5-4-6-14(17)10-13/h4-6,10-12,15,18H,3,7-9H2,1-2H3,(H,19,20)/t11-,12?,15?/m1/s1. The molecule has 20 heavy (non-hydrogen) atoms. The lowest BCUT2D eigenvalue weighted by Gasteiger charge is -2.29. The van der Waals surface area contributed by atoms with Gasteiger partial charge in [0.15, 0.2) is 0 Å². The third-order valence-corrected chi connectivity index (χ3v) is 4.61. The summed E-state index contributed by atoms with van der Waals surface area (Å²) in [6.45, 7) is 5.18. The number of piperidine rings is 1. The highest BCUT2D eigenvalue weighted by atomic mass is 79.9. The van der Waals surface area contributed by atoms with Crippen LogP contribution in [0.25, 0.3) is 0 Å². The van der Waals surface area contributed by atoms with E-state index in [9.17, 15) is 4.79 Å². The summed E-state index contributed by atoms with van der Waals surface area (Å²) in [5.41, 5.74) is 1.12. The molecule has 1 aromatic rings. The second-order valence-corrected chi connectivity index (χ2v) is 6.51. The van der Waals surface area contributed by atoms with E-state index in [0.29, 0.717) is 5.92 Å². The van der Waals surface area contributed by atoms with Gasteiger partial charge >= 0.3 is 0 Å². The Morgan fingerprint density at radius 3 is 3.05 bits per heavy atom. The van der Waals surface area contributed by atoms with Gasteiger partial charge in [0.05, 0.1) is 12.1 Å². The summed E-state index contributed by atoms with van der Waals surface area (Å²) in [4.78, 5) is 12.3. The second kappa shape index (κ2) is 7.23. The largest absolute Gasteiger partial charge is 0.348 e. The third-order valence-electron chi connectivity index (χ3n) is 4.11. The number of halogens is 1. The van der Waals surface area contributed by atoms with Gasteiger partial charge in [0.25, 0.3) is 0 Å². The Kier molecular flexibility index (Phi) is 5.61. The lowest BCUT2D eigenvalue weighted by atomic mass is 9.90. The van der Waals surface area contributed by atoms with Crippen molar-refractivity contribution in [2.45, 2.75) is 45.2 Å². The highest BCUT2D eigenvalue weighted by Crippen LogP contribution is 2.21. The quantitative estimate of drug-likeness (QED) is 0.883. The van der Waals surface area contributed by atoms with Crippen LogP contribution in [0.1, 0.15) is 44.7 Å². The first kappa shape index (κ1) is 15.5. The van der Waals surface area contributed by atoms with Crippen molar-refractivity contribution in [1.82, 2.24) is 10.6 Å². The van der Waals surface area contributed by atoms with Crippen molar-refractivity contribution in [2.75, 3.05) is 6.54 Å². The normalized spacial score (nSPS) is 24.1. The molecule has 2 rings (SSSR count). The molecular weight excluding hydrogens is 316 g/mol. The fourth-order valence-electron chi connectivity index (χ4n) is 2.74. The number of carbonyl (C=O) groups excluding carboxylic acids is 1. The van der Waals surface area contributed by atoms with Crippen molar-refractivity contribution in [3.8, 4) is 0 Å². The minimum atomic E-state index is -0.0386. The summed E-state index contributed by atoms with van der Waals surface area (Å²) in [5.74, 6) is 0.795. The molecule has 1 aromatic carbocycles. The van der Waals surface area contributed by atoms with Crippen molar-refractivity contribution in [2.24, 2.45) is 5.92 Å². The summed E-state index contributed by atoms with van der Waals surface area (Å²) >= 11 is 3.47. The van der Waals surface area contributed by atoms with Crippen LogP contribution in [0.3, 0.4) is 0 Å². The summed E-state index contributed by atoms with van der Waals surface area (Å²) in [5, 5.41) is 6.45. The summed E-state index contributed by atoms with van der Waals surface area (Å²) in [6.07, 6.45) is 3.29. The smallest absolute Gasteiger partial charge is 0.237 e. The number of nitrogens with one attached hydrogen (secondary N) is 2. The molecule has 3 nitrogen and oxygen atoms in total. The van der Waals surface area contributed by atoms with E-state index in [1.165, 1.54) is 6.42 Å². The van der Waals surface area contributed by atoms with E-state index in [1.54, 1.807) is 0 Å². The van der Waals surface area contributed by atoms with Crippen LogP contribution in [0.2, 0.25) is 0 Å². The highest BCUT2D eigenvalue weighted by Gasteiger charge is 2.26. The third kappa shape index (κ3) is 4.06. The Hall–Kier alpha value is -0.870. The summed E-state index contributed by atoms with van der Waals surface area (Å²) < 4.78 is 1.04. The molecule has 0 aliphatic carbocycles. The average molecular weight is 339 g/mol. The Morgan fingerprint density at radius 2 is 2.35 bits per heavy atom. The maximum atomic E-state index is 12.3. The Morgan fingerprint density at radius 1 is 1.55 bits per heavy atom. The molecule has 1 heterocycles. The molecular formula is C16H23BrN2O. The zero-order valence-electron chi connectivity index (χ0n) is 12.2. The molecule has 1 saturated heterocycles. The second-order valence-electron chi connectivity index (χ2n) is 5.59. The van der Waals surface area contributed by atoms with Crippen LogP contribution in [-0.4, -0.2) is 18.5 Å². The maximum absolute atomic E-state index is 12.3. The average Bonchev–Trinajstić information content (AvgIpc) is 2.47. The van der Waals surface area contributed by atoms with Gasteiger partial charge in [0.1, 0.15) is 0 Å². The number of hydrogen-bond donors (Lipinski definition) is 2. The predicted molar refractivity (Wildman–Crippen MR) is 85.5 cm³/mol. The van der Waals surface area contributed by atoms with Gasteiger partial charge in [-0.2, -0.15) is 0 Å². The topological polar surface area (TPSA) is 41.1 Å². The molecule has 2 N–H and O–H groups in total. The van der Waals surface area contributed by atoms with Gasteiger partial charge in [-0.05, 0) is 49.9 Å². The van der Waals surface area contributed by atoms with Gasteiger partial charge < -0.3 is 10.6 Å². The number of amides is 1.